The van der Waals surface area contributed by atoms with E-state index in [2.05, 4.69) is 60.6 Å². The van der Waals surface area contributed by atoms with E-state index in [1.807, 2.05) is 25.1 Å². The maximum Gasteiger partial charge on any atom is 0.191 e. The van der Waals surface area contributed by atoms with Crippen LogP contribution in [0.15, 0.2) is 35.3 Å². The van der Waals surface area contributed by atoms with Gasteiger partial charge in [-0.05, 0) is 38.5 Å². The topological polar surface area (TPSA) is 65.0 Å². The van der Waals surface area contributed by atoms with Crippen molar-refractivity contribution in [2.75, 3.05) is 58.4 Å². The smallest absolute Gasteiger partial charge is 0.191 e. The Balaban J connectivity index is 1.76. The van der Waals surface area contributed by atoms with Crippen molar-refractivity contribution in [3.8, 4) is 0 Å². The van der Waals surface area contributed by atoms with Crippen molar-refractivity contribution in [1.29, 1.82) is 0 Å². The Hall–Kier alpha value is -2.38. The highest BCUT2D eigenvalue weighted by atomic mass is 16.5. The first-order valence-corrected chi connectivity index (χ1v) is 10.8. The maximum absolute atomic E-state index is 5.50. The van der Waals surface area contributed by atoms with E-state index in [9.17, 15) is 0 Å². The van der Waals surface area contributed by atoms with Crippen molar-refractivity contribution in [2.24, 2.45) is 4.99 Å². The molecular formula is C23H36N6O. The number of fused-ring (bicyclic) bond motifs is 1. The summed E-state index contributed by atoms with van der Waals surface area (Å²) in [6, 6.07) is 10.4. The summed E-state index contributed by atoms with van der Waals surface area (Å²) in [6.45, 7) is 12.4. The van der Waals surface area contributed by atoms with Crippen LogP contribution in [0.5, 0.6) is 0 Å². The Morgan fingerprint density at radius 1 is 1.20 bits per heavy atom. The first kappa shape index (κ1) is 22.3. The fourth-order valence-corrected chi connectivity index (χ4v) is 3.68. The van der Waals surface area contributed by atoms with Crippen LogP contribution < -0.4 is 15.5 Å². The molecule has 0 atom stereocenters. The van der Waals surface area contributed by atoms with Crippen molar-refractivity contribution in [1.82, 2.24) is 20.5 Å². The van der Waals surface area contributed by atoms with Gasteiger partial charge in [-0.3, -0.25) is 4.90 Å². The molecule has 30 heavy (non-hydrogen) atoms. The van der Waals surface area contributed by atoms with Gasteiger partial charge in [0, 0.05) is 51.2 Å². The van der Waals surface area contributed by atoms with Crippen LogP contribution in [0, 0.1) is 0 Å². The van der Waals surface area contributed by atoms with Crippen LogP contribution in [-0.2, 0) is 11.3 Å². The number of para-hydroxylation sites is 1. The van der Waals surface area contributed by atoms with Gasteiger partial charge in [-0.1, -0.05) is 18.2 Å². The molecular weight excluding hydrogens is 376 g/mol. The third kappa shape index (κ3) is 5.61. The van der Waals surface area contributed by atoms with E-state index in [1.165, 1.54) is 5.56 Å². The van der Waals surface area contributed by atoms with Gasteiger partial charge in [0.15, 0.2) is 5.96 Å². The van der Waals surface area contributed by atoms with E-state index in [4.69, 9.17) is 14.7 Å². The van der Waals surface area contributed by atoms with Gasteiger partial charge in [-0.15, -0.1) is 0 Å². The number of pyridine rings is 1. The standard InChI is InChI=1S/C23H36N6O/c1-6-24-22(26-17-23(2,3)29-11-13-30-14-12-29)25-16-18-15-21(28(4)5)27-20-10-8-7-9-19(18)20/h7-10,15H,6,11-14,16-17H2,1-5H3,(H2,24,25,26). The van der Waals surface area contributed by atoms with E-state index in [1.54, 1.807) is 0 Å². The van der Waals surface area contributed by atoms with Crippen LogP contribution >= 0.6 is 0 Å². The summed E-state index contributed by atoms with van der Waals surface area (Å²) in [7, 11) is 4.03. The molecule has 2 N–H and O–H groups in total. The summed E-state index contributed by atoms with van der Waals surface area (Å²) < 4.78 is 5.50. The zero-order valence-electron chi connectivity index (χ0n) is 19.0. The molecule has 164 valence electrons. The van der Waals surface area contributed by atoms with Crippen LogP contribution in [0.4, 0.5) is 5.82 Å². The van der Waals surface area contributed by atoms with Gasteiger partial charge in [0.05, 0.1) is 25.3 Å². The van der Waals surface area contributed by atoms with Crippen LogP contribution in [0.1, 0.15) is 26.3 Å². The number of hydrogen-bond donors (Lipinski definition) is 2. The summed E-state index contributed by atoms with van der Waals surface area (Å²) in [4.78, 5) is 14.2. The van der Waals surface area contributed by atoms with E-state index >= 15 is 0 Å². The quantitative estimate of drug-likeness (QED) is 0.538. The predicted octanol–water partition coefficient (Wildman–Crippen LogP) is 2.47. The Morgan fingerprint density at radius 2 is 1.93 bits per heavy atom. The zero-order valence-corrected chi connectivity index (χ0v) is 19.0. The summed E-state index contributed by atoms with van der Waals surface area (Å²) in [5, 5.41) is 8.08. The number of morpholine rings is 1. The molecule has 1 saturated heterocycles. The van der Waals surface area contributed by atoms with Crippen LogP contribution in [-0.4, -0.2) is 74.9 Å². The van der Waals surface area contributed by atoms with Crippen molar-refractivity contribution >= 4 is 22.7 Å². The lowest BCUT2D eigenvalue weighted by molar-refractivity contribution is -0.00834. The lowest BCUT2D eigenvalue weighted by Gasteiger charge is -2.41. The van der Waals surface area contributed by atoms with Gasteiger partial charge >= 0.3 is 0 Å². The summed E-state index contributed by atoms with van der Waals surface area (Å²) >= 11 is 0. The van der Waals surface area contributed by atoms with Gasteiger partial charge in [-0.25, -0.2) is 9.98 Å². The number of aromatic nitrogens is 1. The fourth-order valence-electron chi connectivity index (χ4n) is 3.68. The number of rotatable bonds is 7. The molecule has 0 unspecified atom stereocenters. The minimum absolute atomic E-state index is 0.0292. The largest absolute Gasteiger partial charge is 0.379 e. The second-order valence-electron chi connectivity index (χ2n) is 8.51. The number of benzene rings is 1. The lowest BCUT2D eigenvalue weighted by Crippen LogP contribution is -2.56. The molecule has 1 aliphatic heterocycles. The van der Waals surface area contributed by atoms with Gasteiger partial charge < -0.3 is 20.3 Å². The highest BCUT2D eigenvalue weighted by Gasteiger charge is 2.28. The van der Waals surface area contributed by atoms with Crippen LogP contribution in [0.2, 0.25) is 0 Å². The molecule has 1 aromatic carbocycles. The van der Waals surface area contributed by atoms with Gasteiger partial charge in [-0.2, -0.15) is 0 Å². The SMILES string of the molecule is CCNC(=NCc1cc(N(C)C)nc2ccccc12)NCC(C)(C)N1CCOCC1. The highest BCUT2D eigenvalue weighted by Crippen LogP contribution is 2.23. The van der Waals surface area contributed by atoms with Gasteiger partial charge in [0.2, 0.25) is 0 Å². The molecule has 1 aliphatic rings. The van der Waals surface area contributed by atoms with Gasteiger partial charge in [0.1, 0.15) is 5.82 Å². The number of ether oxygens (including phenoxy) is 1. The number of hydrogen-bond acceptors (Lipinski definition) is 5. The van der Waals surface area contributed by atoms with Crippen molar-refractivity contribution < 1.29 is 4.74 Å². The number of anilines is 1. The maximum atomic E-state index is 5.50. The molecule has 1 aromatic heterocycles. The molecule has 0 saturated carbocycles. The van der Waals surface area contributed by atoms with E-state index in [0.717, 1.165) is 62.1 Å². The second-order valence-corrected chi connectivity index (χ2v) is 8.51. The number of aliphatic imine (C=N–C) groups is 1. The van der Waals surface area contributed by atoms with E-state index < -0.39 is 0 Å². The lowest BCUT2D eigenvalue weighted by atomic mass is 10.0. The normalized spacial score (nSPS) is 16.0. The van der Waals surface area contributed by atoms with Crippen molar-refractivity contribution in [2.45, 2.75) is 32.9 Å². The summed E-state index contributed by atoms with van der Waals surface area (Å²) in [6.07, 6.45) is 0. The van der Waals surface area contributed by atoms with Crippen molar-refractivity contribution in [3.63, 3.8) is 0 Å². The summed E-state index contributed by atoms with van der Waals surface area (Å²) in [5.41, 5.74) is 2.20. The molecule has 0 radical (unpaired) electrons. The molecule has 7 heteroatoms. The Labute approximate surface area is 180 Å². The molecule has 3 rings (SSSR count). The van der Waals surface area contributed by atoms with E-state index in [0.29, 0.717) is 6.54 Å². The predicted molar refractivity (Wildman–Crippen MR) is 125 cm³/mol. The third-order valence-corrected chi connectivity index (χ3v) is 5.55. The first-order chi connectivity index (χ1) is 14.4. The minimum Gasteiger partial charge on any atom is -0.379 e. The zero-order chi connectivity index (χ0) is 21.6. The van der Waals surface area contributed by atoms with Crippen LogP contribution in [0.3, 0.4) is 0 Å². The molecule has 1 fully saturated rings. The average Bonchev–Trinajstić information content (AvgIpc) is 2.76. The minimum atomic E-state index is 0.0292. The molecule has 7 nitrogen and oxygen atoms in total. The molecule has 0 bridgehead atoms. The Kier molecular flexibility index (Phi) is 7.50. The summed E-state index contributed by atoms with van der Waals surface area (Å²) in [5.74, 6) is 1.79. The van der Waals surface area contributed by atoms with Crippen LogP contribution in [0.25, 0.3) is 10.9 Å². The third-order valence-electron chi connectivity index (χ3n) is 5.55. The molecule has 0 spiro atoms. The molecule has 2 aromatic rings. The fraction of sp³-hybridized carbons (Fsp3) is 0.565. The molecule has 0 aliphatic carbocycles. The van der Waals surface area contributed by atoms with E-state index in [-0.39, 0.29) is 5.54 Å². The molecule has 0 amide bonds. The van der Waals surface area contributed by atoms with Gasteiger partial charge in [0.25, 0.3) is 0 Å². The highest BCUT2D eigenvalue weighted by molar-refractivity contribution is 5.85. The Morgan fingerprint density at radius 3 is 2.63 bits per heavy atom. The number of nitrogens with zero attached hydrogens (tertiary/aromatic N) is 4. The Bertz CT molecular complexity index is 858. The average molecular weight is 413 g/mol. The number of nitrogens with one attached hydrogen (secondary N) is 2. The molecule has 2 heterocycles. The number of guanidine groups is 1. The second kappa shape index (κ2) is 10.1. The first-order valence-electron chi connectivity index (χ1n) is 10.8. The monoisotopic (exact) mass is 412 g/mol. The van der Waals surface area contributed by atoms with Crippen molar-refractivity contribution in [3.05, 3.63) is 35.9 Å².